The fourth-order valence-corrected chi connectivity index (χ4v) is 1.73. The lowest BCUT2D eigenvalue weighted by Crippen LogP contribution is -2.17. The summed E-state index contributed by atoms with van der Waals surface area (Å²) < 4.78 is 44.9. The van der Waals surface area contributed by atoms with Crippen molar-refractivity contribution in [1.82, 2.24) is 0 Å². The summed E-state index contributed by atoms with van der Waals surface area (Å²) in [6.07, 6.45) is -3.03. The molecule has 0 heterocycles. The van der Waals surface area contributed by atoms with Gasteiger partial charge in [-0.1, -0.05) is 6.07 Å². The molecule has 1 aromatic rings. The van der Waals surface area contributed by atoms with Crippen LogP contribution in [-0.2, 0) is 0 Å². The zero-order chi connectivity index (χ0) is 11.5. The minimum atomic E-state index is -4.68. The van der Waals surface area contributed by atoms with Gasteiger partial charge in [-0.05, 0) is 18.4 Å². The minimum absolute atomic E-state index is 0.241. The molecule has 0 atom stereocenters. The predicted octanol–water partition coefficient (Wildman–Crippen LogP) is 3.32. The van der Waals surface area contributed by atoms with Crippen LogP contribution in [0.1, 0.15) is 0 Å². The Labute approximate surface area is 89.4 Å². The van der Waals surface area contributed by atoms with Crippen molar-refractivity contribution < 1.29 is 22.6 Å². The standard InChI is InChI=1S/C9H9F3O2S/c1-13-6-4-3-5-7(8(6)15-2)14-9(10,11)12/h3-5H,1-2H3. The highest BCUT2D eigenvalue weighted by Crippen LogP contribution is 2.38. The molecule has 0 N–H and O–H groups in total. The van der Waals surface area contributed by atoms with Crippen LogP contribution in [0.3, 0.4) is 0 Å². The van der Waals surface area contributed by atoms with Crippen LogP contribution < -0.4 is 9.47 Å². The summed E-state index contributed by atoms with van der Waals surface area (Å²) >= 11 is 1.14. The van der Waals surface area contributed by atoms with Gasteiger partial charge in [-0.15, -0.1) is 24.9 Å². The van der Waals surface area contributed by atoms with Crippen molar-refractivity contribution in [3.8, 4) is 11.5 Å². The molecule has 0 fully saturated rings. The van der Waals surface area contributed by atoms with Gasteiger partial charge in [0.1, 0.15) is 11.5 Å². The van der Waals surface area contributed by atoms with E-state index in [0.717, 1.165) is 11.8 Å². The number of hydrogen-bond donors (Lipinski definition) is 0. The van der Waals surface area contributed by atoms with Crippen LogP contribution in [0.25, 0.3) is 0 Å². The zero-order valence-electron chi connectivity index (χ0n) is 8.09. The lowest BCUT2D eigenvalue weighted by molar-refractivity contribution is -0.275. The molecule has 0 spiro atoms. The zero-order valence-corrected chi connectivity index (χ0v) is 8.91. The second-order valence-electron chi connectivity index (χ2n) is 2.54. The molecule has 2 nitrogen and oxygen atoms in total. The first-order valence-corrected chi connectivity index (χ1v) is 5.17. The quantitative estimate of drug-likeness (QED) is 0.752. The van der Waals surface area contributed by atoms with E-state index in [2.05, 4.69) is 4.74 Å². The van der Waals surface area contributed by atoms with Crippen LogP contribution in [0.2, 0.25) is 0 Å². The van der Waals surface area contributed by atoms with Crippen LogP contribution in [0.5, 0.6) is 11.5 Å². The summed E-state index contributed by atoms with van der Waals surface area (Å²) in [5.74, 6) is 0.124. The number of hydrogen-bond acceptors (Lipinski definition) is 3. The molecule has 0 bridgehead atoms. The molecular formula is C9H9F3O2S. The molecular weight excluding hydrogens is 229 g/mol. The number of rotatable bonds is 3. The molecule has 15 heavy (non-hydrogen) atoms. The molecule has 0 saturated heterocycles. The number of halogens is 3. The fourth-order valence-electron chi connectivity index (χ4n) is 1.06. The van der Waals surface area contributed by atoms with Gasteiger partial charge in [0.05, 0.1) is 12.0 Å². The van der Waals surface area contributed by atoms with Gasteiger partial charge in [-0.2, -0.15) is 0 Å². The Balaban J connectivity index is 3.06. The topological polar surface area (TPSA) is 18.5 Å². The normalized spacial score (nSPS) is 11.3. The maximum atomic E-state index is 12.0. The molecule has 0 aliphatic rings. The summed E-state index contributed by atoms with van der Waals surface area (Å²) in [5, 5.41) is 0. The van der Waals surface area contributed by atoms with E-state index >= 15 is 0 Å². The smallest absolute Gasteiger partial charge is 0.495 e. The maximum absolute atomic E-state index is 12.0. The Morgan fingerprint density at radius 1 is 1.20 bits per heavy atom. The van der Waals surface area contributed by atoms with Gasteiger partial charge in [0.15, 0.2) is 0 Å². The van der Waals surface area contributed by atoms with E-state index in [1.54, 1.807) is 12.3 Å². The predicted molar refractivity (Wildman–Crippen MR) is 51.5 cm³/mol. The van der Waals surface area contributed by atoms with E-state index in [1.165, 1.54) is 19.2 Å². The van der Waals surface area contributed by atoms with Gasteiger partial charge in [0, 0.05) is 0 Å². The average Bonchev–Trinajstić information content (AvgIpc) is 2.15. The Morgan fingerprint density at radius 2 is 1.80 bits per heavy atom. The van der Waals surface area contributed by atoms with Crippen LogP contribution in [0.4, 0.5) is 13.2 Å². The molecule has 0 unspecified atom stereocenters. The van der Waals surface area contributed by atoms with Crippen molar-refractivity contribution in [2.24, 2.45) is 0 Å². The number of ether oxygens (including phenoxy) is 2. The third kappa shape index (κ3) is 3.23. The molecule has 0 saturated carbocycles. The second-order valence-corrected chi connectivity index (χ2v) is 3.36. The van der Waals surface area contributed by atoms with Crippen LogP contribution in [-0.4, -0.2) is 19.7 Å². The second kappa shape index (κ2) is 4.65. The van der Waals surface area contributed by atoms with Crippen molar-refractivity contribution in [3.63, 3.8) is 0 Å². The molecule has 0 aromatic heterocycles. The van der Waals surface area contributed by atoms with Crippen LogP contribution >= 0.6 is 11.8 Å². The minimum Gasteiger partial charge on any atom is -0.495 e. The van der Waals surface area contributed by atoms with E-state index in [1.807, 2.05) is 0 Å². The van der Waals surface area contributed by atoms with Gasteiger partial charge in [-0.3, -0.25) is 0 Å². The Bertz CT molecular complexity index is 339. The van der Waals surface area contributed by atoms with Gasteiger partial charge in [-0.25, -0.2) is 0 Å². The van der Waals surface area contributed by atoms with E-state index in [0.29, 0.717) is 10.6 Å². The molecule has 0 aliphatic carbocycles. The molecule has 1 aromatic carbocycles. The van der Waals surface area contributed by atoms with Crippen molar-refractivity contribution in [1.29, 1.82) is 0 Å². The molecule has 6 heteroatoms. The van der Waals surface area contributed by atoms with Crippen molar-refractivity contribution in [2.75, 3.05) is 13.4 Å². The number of benzene rings is 1. The molecule has 0 amide bonds. The maximum Gasteiger partial charge on any atom is 0.573 e. The van der Waals surface area contributed by atoms with E-state index in [4.69, 9.17) is 4.74 Å². The molecule has 84 valence electrons. The van der Waals surface area contributed by atoms with Gasteiger partial charge >= 0.3 is 6.36 Å². The molecule has 1 rings (SSSR count). The summed E-state index contributed by atoms with van der Waals surface area (Å²) in [4.78, 5) is 0.331. The van der Waals surface area contributed by atoms with Gasteiger partial charge in [0.2, 0.25) is 0 Å². The first-order valence-electron chi connectivity index (χ1n) is 3.94. The molecule has 0 radical (unpaired) electrons. The molecule has 0 aliphatic heterocycles. The van der Waals surface area contributed by atoms with Crippen molar-refractivity contribution in [3.05, 3.63) is 18.2 Å². The Kier molecular flexibility index (Phi) is 3.73. The van der Waals surface area contributed by atoms with Crippen LogP contribution in [0.15, 0.2) is 23.1 Å². The monoisotopic (exact) mass is 238 g/mol. The number of thioether (sulfide) groups is 1. The van der Waals surface area contributed by atoms with Gasteiger partial charge < -0.3 is 9.47 Å². The number of alkyl halides is 3. The third-order valence-corrected chi connectivity index (χ3v) is 2.40. The van der Waals surface area contributed by atoms with E-state index < -0.39 is 6.36 Å². The van der Waals surface area contributed by atoms with Crippen LogP contribution in [0, 0.1) is 0 Å². The first-order chi connectivity index (χ1) is 6.98. The summed E-state index contributed by atoms with van der Waals surface area (Å²) in [6, 6.07) is 4.27. The average molecular weight is 238 g/mol. The Hall–Kier alpha value is -1.04. The van der Waals surface area contributed by atoms with Gasteiger partial charge in [0.25, 0.3) is 0 Å². The highest BCUT2D eigenvalue weighted by molar-refractivity contribution is 7.98. The largest absolute Gasteiger partial charge is 0.573 e. The lowest BCUT2D eigenvalue weighted by Gasteiger charge is -2.14. The summed E-state index contributed by atoms with van der Waals surface area (Å²) in [6.45, 7) is 0. The fraction of sp³-hybridized carbons (Fsp3) is 0.333. The van der Waals surface area contributed by atoms with E-state index in [-0.39, 0.29) is 5.75 Å². The summed E-state index contributed by atoms with van der Waals surface area (Å²) in [7, 11) is 1.40. The SMILES string of the molecule is COc1cccc(OC(F)(F)F)c1SC. The van der Waals surface area contributed by atoms with Crippen molar-refractivity contribution in [2.45, 2.75) is 11.3 Å². The van der Waals surface area contributed by atoms with Crippen molar-refractivity contribution >= 4 is 11.8 Å². The lowest BCUT2D eigenvalue weighted by atomic mass is 10.3. The summed E-state index contributed by atoms with van der Waals surface area (Å²) in [5.41, 5.74) is 0. The highest BCUT2D eigenvalue weighted by atomic mass is 32.2. The first kappa shape index (κ1) is 12.0. The highest BCUT2D eigenvalue weighted by Gasteiger charge is 2.32. The number of methoxy groups -OCH3 is 1. The van der Waals surface area contributed by atoms with E-state index in [9.17, 15) is 13.2 Å². The third-order valence-electron chi connectivity index (χ3n) is 1.59. The Morgan fingerprint density at radius 3 is 2.27 bits per heavy atom.